The largest absolute Gasteiger partial charge is 0.484 e. The maximum atomic E-state index is 13.8. The first-order valence-electron chi connectivity index (χ1n) is 6.42. The normalized spacial score (nSPS) is 11.7. The van der Waals surface area contributed by atoms with Crippen molar-refractivity contribution in [2.24, 2.45) is 5.73 Å². The van der Waals surface area contributed by atoms with Crippen molar-refractivity contribution in [2.45, 2.75) is 19.4 Å². The number of nitrogens with zero attached hydrogens (tertiary/aromatic N) is 2. The number of aromatic nitrogens is 2. The van der Waals surface area contributed by atoms with Crippen LogP contribution in [0.15, 0.2) is 30.6 Å². The molecular weight excluding hydrogens is 283 g/mol. The van der Waals surface area contributed by atoms with E-state index in [4.69, 9.17) is 10.5 Å². The van der Waals surface area contributed by atoms with E-state index in [9.17, 15) is 13.2 Å². The smallest absolute Gasteiger partial charge is 0.278 e. The number of halogens is 3. The van der Waals surface area contributed by atoms with Crippen molar-refractivity contribution in [3.05, 3.63) is 36.4 Å². The standard InChI is InChI=1S/C14H16F3N3O/c1-14(16,17)9-21-13-3-2-10(6-12(13)15)11-7-19-20(8-11)5-4-18/h2-3,6-8H,4-5,9,18H2,1H3. The first-order chi connectivity index (χ1) is 9.89. The number of hydrogen-bond acceptors (Lipinski definition) is 3. The van der Waals surface area contributed by atoms with Crippen molar-refractivity contribution in [2.75, 3.05) is 13.2 Å². The van der Waals surface area contributed by atoms with Crippen LogP contribution in [-0.2, 0) is 6.54 Å². The van der Waals surface area contributed by atoms with Crippen LogP contribution in [0.4, 0.5) is 13.2 Å². The monoisotopic (exact) mass is 299 g/mol. The Bertz CT molecular complexity index is 608. The summed E-state index contributed by atoms with van der Waals surface area (Å²) in [5.74, 6) is -3.90. The van der Waals surface area contributed by atoms with Gasteiger partial charge in [0.15, 0.2) is 18.2 Å². The quantitative estimate of drug-likeness (QED) is 0.892. The lowest BCUT2D eigenvalue weighted by atomic mass is 10.1. The van der Waals surface area contributed by atoms with Gasteiger partial charge in [0.2, 0.25) is 0 Å². The summed E-state index contributed by atoms with van der Waals surface area (Å²) in [4.78, 5) is 0. The third-order valence-electron chi connectivity index (χ3n) is 2.74. The van der Waals surface area contributed by atoms with Gasteiger partial charge in [0.05, 0.1) is 12.7 Å². The van der Waals surface area contributed by atoms with E-state index in [1.807, 2.05) is 0 Å². The summed E-state index contributed by atoms with van der Waals surface area (Å²) in [7, 11) is 0. The zero-order valence-electron chi connectivity index (χ0n) is 11.5. The van der Waals surface area contributed by atoms with E-state index < -0.39 is 18.3 Å². The number of nitrogens with two attached hydrogens (primary N) is 1. The maximum absolute atomic E-state index is 13.8. The molecule has 0 aliphatic carbocycles. The first-order valence-corrected chi connectivity index (χ1v) is 6.42. The molecule has 0 amide bonds. The van der Waals surface area contributed by atoms with Gasteiger partial charge in [-0.25, -0.2) is 13.2 Å². The van der Waals surface area contributed by atoms with Gasteiger partial charge in [0.1, 0.15) is 0 Å². The minimum Gasteiger partial charge on any atom is -0.484 e. The van der Waals surface area contributed by atoms with Crippen molar-refractivity contribution < 1.29 is 17.9 Å². The molecule has 0 unspecified atom stereocenters. The van der Waals surface area contributed by atoms with Crippen LogP contribution in [0.1, 0.15) is 6.92 Å². The molecule has 7 heteroatoms. The van der Waals surface area contributed by atoms with Gasteiger partial charge in [0, 0.05) is 25.2 Å². The minimum atomic E-state index is -3.01. The lowest BCUT2D eigenvalue weighted by Gasteiger charge is -2.12. The van der Waals surface area contributed by atoms with Crippen LogP contribution in [0.25, 0.3) is 11.1 Å². The maximum Gasteiger partial charge on any atom is 0.278 e. The lowest BCUT2D eigenvalue weighted by molar-refractivity contribution is -0.0239. The van der Waals surface area contributed by atoms with E-state index in [2.05, 4.69) is 5.10 Å². The molecule has 0 saturated carbocycles. The molecule has 1 aromatic heterocycles. The summed E-state index contributed by atoms with van der Waals surface area (Å²) in [5, 5.41) is 4.09. The molecule has 0 aliphatic heterocycles. The topological polar surface area (TPSA) is 53.1 Å². The predicted octanol–water partition coefficient (Wildman–Crippen LogP) is 2.68. The summed E-state index contributed by atoms with van der Waals surface area (Å²) >= 11 is 0. The zero-order valence-corrected chi connectivity index (χ0v) is 11.5. The van der Waals surface area contributed by atoms with Crippen LogP contribution < -0.4 is 10.5 Å². The van der Waals surface area contributed by atoms with Gasteiger partial charge in [0.25, 0.3) is 5.92 Å². The fourth-order valence-corrected chi connectivity index (χ4v) is 1.77. The number of hydrogen-bond donors (Lipinski definition) is 1. The van der Waals surface area contributed by atoms with Gasteiger partial charge >= 0.3 is 0 Å². The summed E-state index contributed by atoms with van der Waals surface area (Å²) < 4.78 is 45.7. The van der Waals surface area contributed by atoms with E-state index in [1.54, 1.807) is 23.1 Å². The van der Waals surface area contributed by atoms with Gasteiger partial charge < -0.3 is 10.5 Å². The van der Waals surface area contributed by atoms with Crippen LogP contribution in [0.5, 0.6) is 5.75 Å². The van der Waals surface area contributed by atoms with Gasteiger partial charge in [-0.1, -0.05) is 6.07 Å². The Kier molecular flexibility index (Phi) is 4.52. The molecule has 0 fully saturated rings. The predicted molar refractivity (Wildman–Crippen MR) is 72.8 cm³/mol. The summed E-state index contributed by atoms with van der Waals surface area (Å²) in [5.41, 5.74) is 6.73. The van der Waals surface area contributed by atoms with Gasteiger partial charge in [-0.15, -0.1) is 0 Å². The molecular formula is C14H16F3N3O. The molecule has 1 heterocycles. The van der Waals surface area contributed by atoms with Gasteiger partial charge in [-0.2, -0.15) is 5.10 Å². The molecule has 2 rings (SSSR count). The Balaban J connectivity index is 2.14. The fraction of sp³-hybridized carbons (Fsp3) is 0.357. The van der Waals surface area contributed by atoms with E-state index in [0.717, 1.165) is 5.56 Å². The Morgan fingerprint density at radius 2 is 2.10 bits per heavy atom. The molecule has 1 aromatic carbocycles. The SMILES string of the molecule is CC(F)(F)COc1ccc(-c2cnn(CCN)c2)cc1F. The molecule has 114 valence electrons. The van der Waals surface area contributed by atoms with Crippen LogP contribution in [0, 0.1) is 5.82 Å². The van der Waals surface area contributed by atoms with Crippen molar-refractivity contribution >= 4 is 0 Å². The van der Waals surface area contributed by atoms with Crippen LogP contribution in [-0.4, -0.2) is 28.9 Å². The second-order valence-corrected chi connectivity index (χ2v) is 4.78. The summed E-state index contributed by atoms with van der Waals surface area (Å²) in [6.07, 6.45) is 3.33. The van der Waals surface area contributed by atoms with Crippen molar-refractivity contribution in [1.29, 1.82) is 0 Å². The zero-order chi connectivity index (χ0) is 15.5. The highest BCUT2D eigenvalue weighted by Crippen LogP contribution is 2.26. The molecule has 21 heavy (non-hydrogen) atoms. The molecule has 0 aliphatic rings. The molecule has 4 nitrogen and oxygen atoms in total. The molecule has 0 atom stereocenters. The van der Waals surface area contributed by atoms with E-state index in [-0.39, 0.29) is 5.75 Å². The molecule has 2 N–H and O–H groups in total. The lowest BCUT2D eigenvalue weighted by Crippen LogP contribution is -2.21. The van der Waals surface area contributed by atoms with Gasteiger partial charge in [-0.3, -0.25) is 4.68 Å². The highest BCUT2D eigenvalue weighted by molar-refractivity contribution is 5.62. The molecule has 0 bridgehead atoms. The van der Waals surface area contributed by atoms with Crippen molar-refractivity contribution in [3.63, 3.8) is 0 Å². The molecule has 2 aromatic rings. The van der Waals surface area contributed by atoms with Crippen molar-refractivity contribution in [3.8, 4) is 16.9 Å². The average molecular weight is 299 g/mol. The number of alkyl halides is 2. The number of ether oxygens (including phenoxy) is 1. The minimum absolute atomic E-state index is 0.199. The second-order valence-electron chi connectivity index (χ2n) is 4.78. The molecule has 0 spiro atoms. The Hall–Kier alpha value is -2.02. The van der Waals surface area contributed by atoms with Crippen molar-refractivity contribution in [1.82, 2.24) is 9.78 Å². The average Bonchev–Trinajstić information content (AvgIpc) is 2.85. The van der Waals surface area contributed by atoms with E-state index in [1.165, 1.54) is 12.1 Å². The third-order valence-corrected chi connectivity index (χ3v) is 2.74. The Morgan fingerprint density at radius 3 is 2.71 bits per heavy atom. The van der Waals surface area contributed by atoms with Gasteiger partial charge in [-0.05, 0) is 17.7 Å². The highest BCUT2D eigenvalue weighted by atomic mass is 19.3. The number of rotatable bonds is 6. The van der Waals surface area contributed by atoms with Crippen LogP contribution >= 0.6 is 0 Å². The third kappa shape index (κ3) is 4.22. The number of benzene rings is 1. The van der Waals surface area contributed by atoms with E-state index >= 15 is 0 Å². The highest BCUT2D eigenvalue weighted by Gasteiger charge is 2.22. The van der Waals surface area contributed by atoms with Crippen LogP contribution in [0.2, 0.25) is 0 Å². The fourth-order valence-electron chi connectivity index (χ4n) is 1.77. The second kappa shape index (κ2) is 6.17. The van der Waals surface area contributed by atoms with Crippen LogP contribution in [0.3, 0.4) is 0 Å². The first kappa shape index (κ1) is 15.4. The molecule has 0 saturated heterocycles. The Labute approximate surface area is 120 Å². The summed E-state index contributed by atoms with van der Waals surface area (Å²) in [6, 6.07) is 4.15. The van der Waals surface area contributed by atoms with E-state index in [0.29, 0.717) is 25.6 Å². The summed E-state index contributed by atoms with van der Waals surface area (Å²) in [6.45, 7) is 0.867. The molecule has 0 radical (unpaired) electrons. The Morgan fingerprint density at radius 1 is 1.33 bits per heavy atom.